The van der Waals surface area contributed by atoms with Crippen LogP contribution in [0.2, 0.25) is 0 Å². The van der Waals surface area contributed by atoms with Crippen LogP contribution < -0.4 is 27.2 Å². The van der Waals surface area contributed by atoms with Gasteiger partial charge in [-0.15, -0.1) is 0 Å². The van der Waals surface area contributed by atoms with Gasteiger partial charge in [-0.3, -0.25) is 19.2 Å². The second kappa shape index (κ2) is 14.3. The standard InChI is InChI=1S/C17H33N5O4/c1-4-5-6-7-8-19-15(25)11-21-22-16(12(2)3)17(26)13(23)10-20-14(24)9-18/h12,16,21-22H,4-11,18H2,1-3H3,(H,19,25)(H,20,24)/t16-/m0/s1. The number of hydrogen-bond acceptors (Lipinski definition) is 7. The van der Waals surface area contributed by atoms with E-state index in [4.69, 9.17) is 5.73 Å². The summed E-state index contributed by atoms with van der Waals surface area (Å²) in [7, 11) is 0. The topological polar surface area (TPSA) is 142 Å². The van der Waals surface area contributed by atoms with E-state index in [1.54, 1.807) is 13.8 Å². The number of Topliss-reactive ketones (excluding diaryl/α,β-unsaturated/α-hetero) is 2. The molecule has 0 aromatic rings. The molecule has 26 heavy (non-hydrogen) atoms. The number of amides is 2. The van der Waals surface area contributed by atoms with Gasteiger partial charge < -0.3 is 16.4 Å². The Morgan fingerprint density at radius 2 is 1.62 bits per heavy atom. The first-order valence-corrected chi connectivity index (χ1v) is 9.12. The molecule has 0 rings (SSSR count). The molecule has 150 valence electrons. The summed E-state index contributed by atoms with van der Waals surface area (Å²) in [5.74, 6) is -2.26. The van der Waals surface area contributed by atoms with E-state index in [0.29, 0.717) is 6.54 Å². The maximum Gasteiger partial charge on any atom is 0.235 e. The van der Waals surface area contributed by atoms with E-state index in [0.717, 1.165) is 25.7 Å². The third kappa shape index (κ3) is 10.9. The summed E-state index contributed by atoms with van der Waals surface area (Å²) in [5, 5.41) is 5.06. The fraction of sp³-hybridized carbons (Fsp3) is 0.765. The van der Waals surface area contributed by atoms with Crippen LogP contribution in [0, 0.1) is 5.92 Å². The van der Waals surface area contributed by atoms with E-state index in [2.05, 4.69) is 28.4 Å². The third-order valence-corrected chi connectivity index (χ3v) is 3.71. The Labute approximate surface area is 155 Å². The molecule has 1 atom stereocenters. The van der Waals surface area contributed by atoms with Crippen LogP contribution in [0.15, 0.2) is 0 Å². The number of unbranched alkanes of at least 4 members (excludes halogenated alkanes) is 3. The van der Waals surface area contributed by atoms with Crippen molar-refractivity contribution in [2.24, 2.45) is 11.7 Å². The summed E-state index contributed by atoms with van der Waals surface area (Å²) in [6.07, 6.45) is 4.30. The molecule has 0 aliphatic rings. The minimum absolute atomic E-state index is 0.0115. The number of nitrogens with two attached hydrogens (primary N) is 1. The van der Waals surface area contributed by atoms with Crippen molar-refractivity contribution in [1.29, 1.82) is 0 Å². The summed E-state index contributed by atoms with van der Waals surface area (Å²) < 4.78 is 0. The van der Waals surface area contributed by atoms with Crippen LogP contribution in [0.1, 0.15) is 46.5 Å². The van der Waals surface area contributed by atoms with Gasteiger partial charge in [0.15, 0.2) is 0 Å². The molecular formula is C17H33N5O4. The zero-order valence-electron chi connectivity index (χ0n) is 16.0. The monoisotopic (exact) mass is 371 g/mol. The number of ketones is 2. The Morgan fingerprint density at radius 1 is 0.923 bits per heavy atom. The second-order valence-electron chi connectivity index (χ2n) is 6.40. The minimum Gasteiger partial charge on any atom is -0.355 e. The Morgan fingerprint density at radius 3 is 2.19 bits per heavy atom. The maximum absolute atomic E-state index is 12.2. The Balaban J connectivity index is 4.22. The summed E-state index contributed by atoms with van der Waals surface area (Å²) in [6, 6.07) is -0.797. The van der Waals surface area contributed by atoms with Gasteiger partial charge in [0.1, 0.15) is 0 Å². The van der Waals surface area contributed by atoms with Gasteiger partial charge in [-0.05, 0) is 12.3 Å². The lowest BCUT2D eigenvalue weighted by atomic mass is 9.98. The number of nitrogens with one attached hydrogen (secondary N) is 4. The van der Waals surface area contributed by atoms with E-state index < -0.39 is 30.1 Å². The van der Waals surface area contributed by atoms with Gasteiger partial charge in [0.2, 0.25) is 23.4 Å². The molecule has 0 aromatic heterocycles. The molecule has 0 aromatic carbocycles. The molecule has 0 radical (unpaired) electrons. The highest BCUT2D eigenvalue weighted by molar-refractivity contribution is 6.40. The molecule has 0 aliphatic heterocycles. The quantitative estimate of drug-likeness (QED) is 0.141. The zero-order valence-corrected chi connectivity index (χ0v) is 16.0. The first-order valence-electron chi connectivity index (χ1n) is 9.12. The van der Waals surface area contributed by atoms with Crippen molar-refractivity contribution >= 4 is 23.4 Å². The van der Waals surface area contributed by atoms with Crippen molar-refractivity contribution in [2.75, 3.05) is 26.2 Å². The van der Waals surface area contributed by atoms with Gasteiger partial charge in [0.05, 0.1) is 25.7 Å². The van der Waals surface area contributed by atoms with Crippen molar-refractivity contribution in [2.45, 2.75) is 52.5 Å². The van der Waals surface area contributed by atoms with Crippen LogP contribution in [0.25, 0.3) is 0 Å². The number of hydrazine groups is 1. The summed E-state index contributed by atoms with van der Waals surface area (Å²) >= 11 is 0. The molecule has 9 heteroatoms. The van der Waals surface area contributed by atoms with Crippen LogP contribution in [-0.2, 0) is 19.2 Å². The Bertz CT molecular complexity index is 468. The van der Waals surface area contributed by atoms with Crippen LogP contribution in [0.5, 0.6) is 0 Å². The normalized spacial score (nSPS) is 11.9. The van der Waals surface area contributed by atoms with Gasteiger partial charge in [-0.2, -0.15) is 0 Å². The van der Waals surface area contributed by atoms with Gasteiger partial charge in [-0.25, -0.2) is 10.9 Å². The van der Waals surface area contributed by atoms with Crippen molar-refractivity contribution in [1.82, 2.24) is 21.5 Å². The number of carbonyl (C=O) groups is 4. The van der Waals surface area contributed by atoms with E-state index >= 15 is 0 Å². The van der Waals surface area contributed by atoms with Gasteiger partial charge in [0.25, 0.3) is 0 Å². The zero-order chi connectivity index (χ0) is 19.9. The maximum atomic E-state index is 12.2. The van der Waals surface area contributed by atoms with Crippen LogP contribution in [0.4, 0.5) is 0 Å². The lowest BCUT2D eigenvalue weighted by Crippen LogP contribution is -2.54. The lowest BCUT2D eigenvalue weighted by Gasteiger charge is -2.21. The minimum atomic E-state index is -0.797. The van der Waals surface area contributed by atoms with E-state index in [1.807, 2.05) is 0 Å². The molecule has 6 N–H and O–H groups in total. The second-order valence-corrected chi connectivity index (χ2v) is 6.40. The molecule has 0 heterocycles. The molecule has 0 fully saturated rings. The smallest absolute Gasteiger partial charge is 0.235 e. The van der Waals surface area contributed by atoms with E-state index in [9.17, 15) is 19.2 Å². The lowest BCUT2D eigenvalue weighted by molar-refractivity contribution is -0.138. The summed E-state index contributed by atoms with van der Waals surface area (Å²) in [6.45, 7) is 5.64. The fourth-order valence-corrected chi connectivity index (χ4v) is 2.13. The molecule has 0 unspecified atom stereocenters. The fourth-order valence-electron chi connectivity index (χ4n) is 2.13. The SMILES string of the molecule is CCCCCCNC(=O)CNN[C@H](C(=O)C(=O)CNC(=O)CN)C(C)C. The largest absolute Gasteiger partial charge is 0.355 e. The molecule has 0 bridgehead atoms. The number of rotatable bonds is 15. The van der Waals surface area contributed by atoms with Crippen LogP contribution in [0.3, 0.4) is 0 Å². The molecule has 0 saturated heterocycles. The molecule has 0 spiro atoms. The van der Waals surface area contributed by atoms with E-state index in [1.165, 1.54) is 0 Å². The summed E-state index contributed by atoms with van der Waals surface area (Å²) in [4.78, 5) is 46.9. The highest BCUT2D eigenvalue weighted by Gasteiger charge is 2.27. The predicted molar refractivity (Wildman–Crippen MR) is 99.0 cm³/mol. The predicted octanol–water partition coefficient (Wildman–Crippen LogP) is -0.985. The van der Waals surface area contributed by atoms with Crippen molar-refractivity contribution in [3.8, 4) is 0 Å². The van der Waals surface area contributed by atoms with Gasteiger partial charge in [-0.1, -0.05) is 40.0 Å². The Kier molecular flexibility index (Phi) is 13.3. The first kappa shape index (κ1) is 24.2. The molecule has 9 nitrogen and oxygen atoms in total. The summed E-state index contributed by atoms with van der Waals surface area (Å²) in [5.41, 5.74) is 10.5. The van der Waals surface area contributed by atoms with Gasteiger partial charge in [0, 0.05) is 6.54 Å². The number of hydrogen-bond donors (Lipinski definition) is 5. The molecule has 2 amide bonds. The van der Waals surface area contributed by atoms with Gasteiger partial charge >= 0.3 is 0 Å². The molecule has 0 aliphatic carbocycles. The highest BCUT2D eigenvalue weighted by Crippen LogP contribution is 2.02. The van der Waals surface area contributed by atoms with E-state index in [-0.39, 0.29) is 24.9 Å². The van der Waals surface area contributed by atoms with Crippen LogP contribution in [-0.4, -0.2) is 55.6 Å². The average Bonchev–Trinajstić information content (AvgIpc) is 2.61. The molecule has 0 saturated carbocycles. The third-order valence-electron chi connectivity index (χ3n) is 3.71. The van der Waals surface area contributed by atoms with Crippen molar-refractivity contribution in [3.05, 3.63) is 0 Å². The highest BCUT2D eigenvalue weighted by atomic mass is 16.2. The Hall–Kier alpha value is -1.84. The van der Waals surface area contributed by atoms with Crippen LogP contribution >= 0.6 is 0 Å². The number of carbonyl (C=O) groups excluding carboxylic acids is 4. The van der Waals surface area contributed by atoms with Crippen molar-refractivity contribution < 1.29 is 19.2 Å². The molecular weight excluding hydrogens is 338 g/mol. The van der Waals surface area contributed by atoms with Crippen molar-refractivity contribution in [3.63, 3.8) is 0 Å². The first-order chi connectivity index (χ1) is 12.3. The average molecular weight is 371 g/mol.